The van der Waals surface area contributed by atoms with Crippen molar-refractivity contribution in [2.75, 3.05) is 0 Å². The summed E-state index contributed by atoms with van der Waals surface area (Å²) in [5.41, 5.74) is 7.49. The van der Waals surface area contributed by atoms with Crippen molar-refractivity contribution in [3.05, 3.63) is 156 Å². The van der Waals surface area contributed by atoms with Crippen molar-refractivity contribution >= 4 is 59.0 Å². The number of halogens is 1. The highest BCUT2D eigenvalue weighted by Crippen LogP contribution is 2.42. The molecule has 0 radical (unpaired) electrons. The maximum absolute atomic E-state index is 3.88. The van der Waals surface area contributed by atoms with Gasteiger partial charge >= 0.3 is 0 Å². The average molecular weight is 586 g/mol. The number of fused-ring (bicyclic) bond motifs is 4. The van der Waals surface area contributed by atoms with Crippen molar-refractivity contribution in [2.45, 2.75) is 0 Å². The second kappa shape index (κ2) is 9.73. The Morgan fingerprint density at radius 2 is 0.610 bits per heavy atom. The molecule has 8 aromatic rings. The van der Waals surface area contributed by atoms with Crippen LogP contribution >= 0.6 is 15.9 Å². The smallest absolute Gasteiger partial charge is 0.0332 e. The Balaban J connectivity index is 1.22. The Labute approximate surface area is 247 Å². The summed E-state index contributed by atoms with van der Waals surface area (Å²) in [5.74, 6) is 0. The lowest BCUT2D eigenvalue weighted by Crippen LogP contribution is -1.88. The fourth-order valence-electron chi connectivity index (χ4n) is 6.37. The van der Waals surface area contributed by atoms with Gasteiger partial charge in [0.1, 0.15) is 0 Å². The zero-order valence-electron chi connectivity index (χ0n) is 22.3. The van der Waals surface area contributed by atoms with Gasteiger partial charge in [0.15, 0.2) is 0 Å². The molecule has 0 fully saturated rings. The quantitative estimate of drug-likeness (QED) is 0.181. The third-order valence-corrected chi connectivity index (χ3v) is 9.17. The van der Waals surface area contributed by atoms with Gasteiger partial charge in [-0.15, -0.1) is 0 Å². The first-order valence-corrected chi connectivity index (χ1v) is 14.8. The topological polar surface area (TPSA) is 0 Å². The van der Waals surface area contributed by atoms with Crippen molar-refractivity contribution in [3.63, 3.8) is 0 Å². The van der Waals surface area contributed by atoms with Gasteiger partial charge in [0.25, 0.3) is 0 Å². The Morgan fingerprint density at radius 1 is 0.293 bits per heavy atom. The number of rotatable bonds is 3. The van der Waals surface area contributed by atoms with E-state index in [9.17, 15) is 0 Å². The van der Waals surface area contributed by atoms with Gasteiger partial charge in [-0.1, -0.05) is 146 Å². The zero-order chi connectivity index (χ0) is 27.3. The van der Waals surface area contributed by atoms with Gasteiger partial charge in [-0.25, -0.2) is 0 Å². The summed E-state index contributed by atoms with van der Waals surface area (Å²) >= 11 is 3.88. The molecule has 0 unspecified atom stereocenters. The molecular weight excluding hydrogens is 560 g/mol. The molecule has 0 aromatic heterocycles. The lowest BCUT2D eigenvalue weighted by Gasteiger charge is -2.15. The summed E-state index contributed by atoms with van der Waals surface area (Å²) < 4.78 is 1.16. The standard InChI is InChI=1S/C40H25Br/c41-40-36-15-7-5-13-34(36)39(35-14-6-8-16-37(35)40)29-23-19-27(20-24-29)26-17-21-28(22-18-26)38-32-11-3-1-9-30(32)25-31-10-2-4-12-33(31)38/h1-25H. The van der Waals surface area contributed by atoms with Gasteiger partial charge in [0, 0.05) is 4.47 Å². The Morgan fingerprint density at radius 3 is 1.05 bits per heavy atom. The van der Waals surface area contributed by atoms with E-state index in [1.54, 1.807) is 0 Å². The Hall–Kier alpha value is -4.72. The van der Waals surface area contributed by atoms with Crippen LogP contribution in [0.2, 0.25) is 0 Å². The predicted molar refractivity (Wildman–Crippen MR) is 180 cm³/mol. The van der Waals surface area contributed by atoms with E-state index in [2.05, 4.69) is 168 Å². The molecule has 192 valence electrons. The van der Waals surface area contributed by atoms with Crippen LogP contribution in [0.4, 0.5) is 0 Å². The van der Waals surface area contributed by atoms with Gasteiger partial charge in [-0.2, -0.15) is 0 Å². The zero-order valence-corrected chi connectivity index (χ0v) is 23.9. The first kappa shape index (κ1) is 24.1. The van der Waals surface area contributed by atoms with E-state index < -0.39 is 0 Å². The molecule has 0 amide bonds. The summed E-state index contributed by atoms with van der Waals surface area (Å²) in [5, 5.41) is 10.1. The van der Waals surface area contributed by atoms with Gasteiger partial charge < -0.3 is 0 Å². The minimum absolute atomic E-state index is 1.16. The first-order valence-electron chi connectivity index (χ1n) is 14.0. The molecule has 0 aliphatic heterocycles. The van der Waals surface area contributed by atoms with Gasteiger partial charge in [-0.05, 0) is 98.5 Å². The molecule has 41 heavy (non-hydrogen) atoms. The summed E-state index contributed by atoms with van der Waals surface area (Å²) in [6.07, 6.45) is 0. The second-order valence-electron chi connectivity index (χ2n) is 10.6. The van der Waals surface area contributed by atoms with Gasteiger partial charge in [-0.3, -0.25) is 0 Å². The van der Waals surface area contributed by atoms with Crippen LogP contribution in [0.3, 0.4) is 0 Å². The van der Waals surface area contributed by atoms with Crippen LogP contribution in [0.1, 0.15) is 0 Å². The van der Waals surface area contributed by atoms with Crippen LogP contribution in [0, 0.1) is 0 Å². The van der Waals surface area contributed by atoms with Crippen molar-refractivity contribution in [1.29, 1.82) is 0 Å². The van der Waals surface area contributed by atoms with Crippen molar-refractivity contribution in [1.82, 2.24) is 0 Å². The van der Waals surface area contributed by atoms with Crippen LogP contribution in [0.15, 0.2) is 156 Å². The Kier molecular flexibility index (Phi) is 5.72. The molecule has 0 bridgehead atoms. The van der Waals surface area contributed by atoms with Gasteiger partial charge in [0.05, 0.1) is 0 Å². The summed E-state index contributed by atoms with van der Waals surface area (Å²) in [6, 6.07) is 55.1. The maximum Gasteiger partial charge on any atom is 0.0332 e. The fraction of sp³-hybridized carbons (Fsp3) is 0. The third kappa shape index (κ3) is 3.96. The molecule has 0 heterocycles. The minimum Gasteiger partial charge on any atom is -0.0616 e. The number of benzene rings is 8. The largest absolute Gasteiger partial charge is 0.0616 e. The molecule has 8 aromatic carbocycles. The highest BCUT2D eigenvalue weighted by Gasteiger charge is 2.14. The van der Waals surface area contributed by atoms with Crippen LogP contribution in [-0.4, -0.2) is 0 Å². The predicted octanol–water partition coefficient (Wildman–Crippen LogP) is 12.1. The van der Waals surface area contributed by atoms with Crippen molar-refractivity contribution in [2.24, 2.45) is 0 Å². The molecule has 0 N–H and O–H groups in total. The molecule has 8 rings (SSSR count). The van der Waals surface area contributed by atoms with E-state index in [4.69, 9.17) is 0 Å². The molecule has 1 heteroatoms. The lowest BCUT2D eigenvalue weighted by atomic mass is 9.90. The van der Waals surface area contributed by atoms with Crippen LogP contribution in [0.25, 0.3) is 76.5 Å². The maximum atomic E-state index is 3.88. The normalized spacial score (nSPS) is 11.5. The van der Waals surface area contributed by atoms with E-state index >= 15 is 0 Å². The Bertz CT molecular complexity index is 2130. The highest BCUT2D eigenvalue weighted by molar-refractivity contribution is 9.10. The number of hydrogen-bond acceptors (Lipinski definition) is 0. The van der Waals surface area contributed by atoms with E-state index in [0.717, 1.165) is 4.47 Å². The molecule has 0 atom stereocenters. The molecule has 0 spiro atoms. The second-order valence-corrected chi connectivity index (χ2v) is 11.4. The minimum atomic E-state index is 1.16. The molecular formula is C40H25Br. The van der Waals surface area contributed by atoms with Crippen LogP contribution < -0.4 is 0 Å². The third-order valence-electron chi connectivity index (χ3n) is 8.32. The van der Waals surface area contributed by atoms with Gasteiger partial charge in [0.2, 0.25) is 0 Å². The molecule has 0 saturated carbocycles. The van der Waals surface area contributed by atoms with Crippen molar-refractivity contribution in [3.8, 4) is 33.4 Å². The molecule has 0 aliphatic rings. The van der Waals surface area contributed by atoms with E-state index in [0.29, 0.717) is 0 Å². The lowest BCUT2D eigenvalue weighted by molar-refractivity contribution is 1.60. The summed E-state index contributed by atoms with van der Waals surface area (Å²) in [7, 11) is 0. The van der Waals surface area contributed by atoms with E-state index in [1.807, 2.05) is 0 Å². The summed E-state index contributed by atoms with van der Waals surface area (Å²) in [4.78, 5) is 0. The number of hydrogen-bond donors (Lipinski definition) is 0. The fourth-order valence-corrected chi connectivity index (χ4v) is 7.06. The molecule has 0 nitrogen and oxygen atoms in total. The molecule has 0 aliphatic carbocycles. The SMILES string of the molecule is Brc1c2ccccc2c(-c2ccc(-c3ccc(-c4c5ccccc5cc5ccccc45)cc3)cc2)c2ccccc12. The monoisotopic (exact) mass is 584 g/mol. The first-order chi connectivity index (χ1) is 20.3. The van der Waals surface area contributed by atoms with Crippen molar-refractivity contribution < 1.29 is 0 Å². The van der Waals surface area contributed by atoms with E-state index in [1.165, 1.54) is 76.5 Å². The van der Waals surface area contributed by atoms with Crippen LogP contribution in [0.5, 0.6) is 0 Å². The average Bonchev–Trinajstić information content (AvgIpc) is 3.04. The van der Waals surface area contributed by atoms with Crippen LogP contribution in [-0.2, 0) is 0 Å². The van der Waals surface area contributed by atoms with E-state index in [-0.39, 0.29) is 0 Å². The summed E-state index contributed by atoms with van der Waals surface area (Å²) in [6.45, 7) is 0. The highest BCUT2D eigenvalue weighted by atomic mass is 79.9. The molecule has 0 saturated heterocycles.